The standard InChI is InChI=1S/C13H18N2O/c1-10-3-2-4-11(7-10)8-14-9-13(16)15-12-5-6-12/h2-4,7,12,14H,5-6,8-9H2,1H3,(H,15,16). The largest absolute Gasteiger partial charge is 0.352 e. The van der Waals surface area contributed by atoms with Crippen molar-refractivity contribution in [2.24, 2.45) is 0 Å². The third kappa shape index (κ3) is 3.66. The maximum atomic E-state index is 11.4. The summed E-state index contributed by atoms with van der Waals surface area (Å²) in [5, 5.41) is 6.10. The quantitative estimate of drug-likeness (QED) is 0.783. The molecular weight excluding hydrogens is 200 g/mol. The summed E-state index contributed by atoms with van der Waals surface area (Å²) in [6.45, 7) is 3.23. The van der Waals surface area contributed by atoms with Gasteiger partial charge in [0, 0.05) is 12.6 Å². The highest BCUT2D eigenvalue weighted by Gasteiger charge is 2.22. The van der Waals surface area contributed by atoms with Gasteiger partial charge in [0.05, 0.1) is 6.54 Å². The molecule has 0 spiro atoms. The van der Waals surface area contributed by atoms with Crippen molar-refractivity contribution >= 4 is 5.91 Å². The molecule has 0 saturated heterocycles. The van der Waals surface area contributed by atoms with E-state index in [0.29, 0.717) is 12.6 Å². The van der Waals surface area contributed by atoms with E-state index in [4.69, 9.17) is 0 Å². The lowest BCUT2D eigenvalue weighted by Gasteiger charge is -2.06. The molecule has 1 saturated carbocycles. The van der Waals surface area contributed by atoms with Crippen LogP contribution in [0, 0.1) is 6.92 Å². The smallest absolute Gasteiger partial charge is 0.234 e. The van der Waals surface area contributed by atoms with Crippen LogP contribution in [0.4, 0.5) is 0 Å². The van der Waals surface area contributed by atoms with Gasteiger partial charge in [0.2, 0.25) is 5.91 Å². The third-order valence-corrected chi connectivity index (χ3v) is 2.64. The Morgan fingerprint density at radius 1 is 1.44 bits per heavy atom. The predicted molar refractivity (Wildman–Crippen MR) is 64.1 cm³/mol. The van der Waals surface area contributed by atoms with Gasteiger partial charge < -0.3 is 10.6 Å². The first-order valence-corrected chi connectivity index (χ1v) is 5.79. The van der Waals surface area contributed by atoms with Gasteiger partial charge in [-0.25, -0.2) is 0 Å². The van der Waals surface area contributed by atoms with Gasteiger partial charge in [-0.1, -0.05) is 29.8 Å². The number of benzene rings is 1. The summed E-state index contributed by atoms with van der Waals surface area (Å²) < 4.78 is 0. The van der Waals surface area contributed by atoms with Gasteiger partial charge in [-0.05, 0) is 25.3 Å². The van der Waals surface area contributed by atoms with Gasteiger partial charge in [-0.15, -0.1) is 0 Å². The van der Waals surface area contributed by atoms with Crippen LogP contribution in [-0.4, -0.2) is 18.5 Å². The highest BCUT2D eigenvalue weighted by molar-refractivity contribution is 5.78. The normalized spacial score (nSPS) is 14.8. The molecule has 1 amide bonds. The summed E-state index contributed by atoms with van der Waals surface area (Å²) in [5.41, 5.74) is 2.47. The molecule has 2 rings (SSSR count). The number of hydrogen-bond donors (Lipinski definition) is 2. The molecule has 3 heteroatoms. The van der Waals surface area contributed by atoms with Crippen LogP contribution in [0.5, 0.6) is 0 Å². The summed E-state index contributed by atoms with van der Waals surface area (Å²) in [4.78, 5) is 11.4. The number of carbonyl (C=O) groups is 1. The van der Waals surface area contributed by atoms with E-state index in [1.54, 1.807) is 0 Å². The zero-order valence-electron chi connectivity index (χ0n) is 9.62. The lowest BCUT2D eigenvalue weighted by Crippen LogP contribution is -2.34. The van der Waals surface area contributed by atoms with Crippen molar-refractivity contribution in [3.05, 3.63) is 35.4 Å². The van der Waals surface area contributed by atoms with Gasteiger partial charge in [-0.3, -0.25) is 4.79 Å². The fourth-order valence-corrected chi connectivity index (χ4v) is 1.65. The van der Waals surface area contributed by atoms with Crippen LogP contribution >= 0.6 is 0 Å². The molecular formula is C13H18N2O. The molecule has 16 heavy (non-hydrogen) atoms. The monoisotopic (exact) mass is 218 g/mol. The molecule has 2 N–H and O–H groups in total. The highest BCUT2D eigenvalue weighted by atomic mass is 16.2. The van der Waals surface area contributed by atoms with E-state index in [9.17, 15) is 4.79 Å². The van der Waals surface area contributed by atoms with E-state index < -0.39 is 0 Å². The Labute approximate surface area is 96.2 Å². The molecule has 0 heterocycles. The number of amides is 1. The van der Waals surface area contributed by atoms with Crippen LogP contribution in [0.25, 0.3) is 0 Å². The third-order valence-electron chi connectivity index (χ3n) is 2.64. The molecule has 1 aliphatic rings. The zero-order chi connectivity index (χ0) is 11.4. The summed E-state index contributed by atoms with van der Waals surface area (Å²) in [7, 11) is 0. The molecule has 0 radical (unpaired) electrons. The minimum atomic E-state index is 0.107. The average Bonchev–Trinajstić information content (AvgIpc) is 3.02. The van der Waals surface area contributed by atoms with E-state index in [1.807, 2.05) is 6.07 Å². The van der Waals surface area contributed by atoms with E-state index in [0.717, 1.165) is 19.4 Å². The van der Waals surface area contributed by atoms with Crippen LogP contribution in [0.2, 0.25) is 0 Å². The Morgan fingerprint density at radius 3 is 2.94 bits per heavy atom. The van der Waals surface area contributed by atoms with Crippen molar-refractivity contribution < 1.29 is 4.79 Å². The molecule has 0 unspecified atom stereocenters. The topological polar surface area (TPSA) is 41.1 Å². The molecule has 1 aromatic carbocycles. The van der Waals surface area contributed by atoms with Crippen molar-refractivity contribution in [1.82, 2.24) is 10.6 Å². The Bertz CT molecular complexity index is 372. The second kappa shape index (κ2) is 5.12. The van der Waals surface area contributed by atoms with Crippen LogP contribution in [0.15, 0.2) is 24.3 Å². The number of nitrogens with one attached hydrogen (secondary N) is 2. The molecule has 1 fully saturated rings. The van der Waals surface area contributed by atoms with Gasteiger partial charge in [0.1, 0.15) is 0 Å². The Kier molecular flexibility index (Phi) is 3.57. The second-order valence-electron chi connectivity index (χ2n) is 4.43. The molecule has 3 nitrogen and oxygen atoms in total. The Morgan fingerprint density at radius 2 is 2.25 bits per heavy atom. The highest BCUT2D eigenvalue weighted by Crippen LogP contribution is 2.18. The number of carbonyl (C=O) groups excluding carboxylic acids is 1. The first-order chi connectivity index (χ1) is 7.74. The van der Waals surface area contributed by atoms with Gasteiger partial charge in [0.25, 0.3) is 0 Å². The fourth-order valence-electron chi connectivity index (χ4n) is 1.65. The molecule has 0 atom stereocenters. The summed E-state index contributed by atoms with van der Waals surface area (Å²) in [6.07, 6.45) is 2.28. The first kappa shape index (κ1) is 11.1. The fraction of sp³-hybridized carbons (Fsp3) is 0.462. The van der Waals surface area contributed by atoms with Crippen molar-refractivity contribution in [3.8, 4) is 0 Å². The molecule has 0 bridgehead atoms. The molecule has 1 aromatic rings. The molecule has 1 aliphatic carbocycles. The zero-order valence-corrected chi connectivity index (χ0v) is 9.62. The van der Waals surface area contributed by atoms with E-state index in [-0.39, 0.29) is 5.91 Å². The first-order valence-electron chi connectivity index (χ1n) is 5.79. The summed E-state index contributed by atoms with van der Waals surface area (Å²) in [6, 6.07) is 8.76. The van der Waals surface area contributed by atoms with Gasteiger partial charge >= 0.3 is 0 Å². The van der Waals surface area contributed by atoms with Crippen LogP contribution in [0.3, 0.4) is 0 Å². The summed E-state index contributed by atoms with van der Waals surface area (Å²) in [5.74, 6) is 0.107. The van der Waals surface area contributed by atoms with Crippen LogP contribution in [-0.2, 0) is 11.3 Å². The minimum Gasteiger partial charge on any atom is -0.352 e. The maximum absolute atomic E-state index is 11.4. The van der Waals surface area contributed by atoms with Crippen LogP contribution < -0.4 is 10.6 Å². The number of rotatable bonds is 5. The SMILES string of the molecule is Cc1cccc(CNCC(=O)NC2CC2)c1. The molecule has 0 aromatic heterocycles. The van der Waals surface area contributed by atoms with Gasteiger partial charge in [0.15, 0.2) is 0 Å². The van der Waals surface area contributed by atoms with Crippen LogP contribution in [0.1, 0.15) is 24.0 Å². The molecule has 0 aliphatic heterocycles. The van der Waals surface area contributed by atoms with Gasteiger partial charge in [-0.2, -0.15) is 0 Å². The predicted octanol–water partition coefficient (Wildman–Crippen LogP) is 1.36. The maximum Gasteiger partial charge on any atom is 0.234 e. The van der Waals surface area contributed by atoms with E-state index >= 15 is 0 Å². The molecule has 86 valence electrons. The van der Waals surface area contributed by atoms with Crippen molar-refractivity contribution in [1.29, 1.82) is 0 Å². The average molecular weight is 218 g/mol. The van der Waals surface area contributed by atoms with Crippen molar-refractivity contribution in [2.45, 2.75) is 32.4 Å². The van der Waals surface area contributed by atoms with E-state index in [2.05, 4.69) is 35.8 Å². The Balaban J connectivity index is 1.68. The second-order valence-corrected chi connectivity index (χ2v) is 4.43. The van der Waals surface area contributed by atoms with Crippen molar-refractivity contribution in [3.63, 3.8) is 0 Å². The summed E-state index contributed by atoms with van der Waals surface area (Å²) >= 11 is 0. The lowest BCUT2D eigenvalue weighted by atomic mass is 10.1. The lowest BCUT2D eigenvalue weighted by molar-refractivity contribution is -0.120. The number of aryl methyl sites for hydroxylation is 1. The Hall–Kier alpha value is -1.35. The van der Waals surface area contributed by atoms with E-state index in [1.165, 1.54) is 11.1 Å². The minimum absolute atomic E-state index is 0.107. The number of hydrogen-bond acceptors (Lipinski definition) is 2. The van der Waals surface area contributed by atoms with Crippen molar-refractivity contribution in [2.75, 3.05) is 6.54 Å².